The summed E-state index contributed by atoms with van der Waals surface area (Å²) in [6.45, 7) is 3.26. The van der Waals surface area contributed by atoms with Gasteiger partial charge in [0.2, 0.25) is 0 Å². The molecule has 8 nitrogen and oxygen atoms in total. The second kappa shape index (κ2) is 10.6. The van der Waals surface area contributed by atoms with Crippen LogP contribution in [0.15, 0.2) is 39.7 Å². The molecule has 1 aliphatic rings. The summed E-state index contributed by atoms with van der Waals surface area (Å²) >= 11 is 20.5. The number of alkyl halides is 3. The van der Waals surface area contributed by atoms with Crippen LogP contribution in [-0.2, 0) is 14.8 Å². The van der Waals surface area contributed by atoms with Gasteiger partial charge < -0.3 is 19.3 Å². The monoisotopic (exact) mass is 613 g/mol. The van der Waals surface area contributed by atoms with Crippen LogP contribution in [0, 0.1) is 6.92 Å². The van der Waals surface area contributed by atoms with Crippen LogP contribution in [0.4, 0.5) is 11.4 Å². The Kier molecular flexibility index (Phi) is 8.40. The van der Waals surface area contributed by atoms with E-state index >= 15 is 0 Å². The third-order valence-electron chi connectivity index (χ3n) is 5.25. The molecule has 0 spiro atoms. The van der Waals surface area contributed by atoms with E-state index < -0.39 is 19.7 Å². The van der Waals surface area contributed by atoms with E-state index in [1.165, 1.54) is 31.3 Å². The molecule has 0 radical (unpaired) electrons. The van der Waals surface area contributed by atoms with Gasteiger partial charge in [-0.3, -0.25) is 9.52 Å². The van der Waals surface area contributed by atoms with Crippen LogP contribution in [-0.4, -0.2) is 63.4 Å². The van der Waals surface area contributed by atoms with Gasteiger partial charge in [-0.2, -0.15) is 0 Å². The average Bonchev–Trinajstić information content (AvgIpc) is 2.77. The highest BCUT2D eigenvalue weighted by Crippen LogP contribution is 2.37. The number of hydrogen-bond acceptors (Lipinski definition) is 6. The normalized spacial score (nSPS) is 14.7. The highest BCUT2D eigenvalue weighted by atomic mass is 79.9. The van der Waals surface area contributed by atoms with Crippen molar-refractivity contribution in [3.63, 3.8) is 0 Å². The van der Waals surface area contributed by atoms with E-state index in [-0.39, 0.29) is 4.90 Å². The number of carbonyl (C=O) groups is 1. The lowest BCUT2D eigenvalue weighted by molar-refractivity contribution is -0.130. The summed E-state index contributed by atoms with van der Waals surface area (Å²) in [4.78, 5) is 15.7. The molecule has 1 heterocycles. The molecule has 13 heteroatoms. The molecule has 34 heavy (non-hydrogen) atoms. The van der Waals surface area contributed by atoms with Gasteiger partial charge in [-0.25, -0.2) is 8.42 Å². The predicted octanol–water partition coefficient (Wildman–Crippen LogP) is 4.59. The van der Waals surface area contributed by atoms with E-state index in [1.807, 2.05) is 17.9 Å². The number of methoxy groups -OCH3 is 2. The first-order valence-corrected chi connectivity index (χ1v) is 13.4. The first-order valence-electron chi connectivity index (χ1n) is 10.0. The summed E-state index contributed by atoms with van der Waals surface area (Å²) in [5.74, 6) is 0.275. The second-order valence-corrected chi connectivity index (χ2v) is 12.4. The van der Waals surface area contributed by atoms with E-state index in [1.54, 1.807) is 12.1 Å². The van der Waals surface area contributed by atoms with Crippen LogP contribution in [0.5, 0.6) is 11.5 Å². The van der Waals surface area contributed by atoms with Crippen molar-refractivity contribution < 1.29 is 22.7 Å². The van der Waals surface area contributed by atoms with E-state index in [4.69, 9.17) is 44.3 Å². The molecule has 0 saturated carbocycles. The lowest BCUT2D eigenvalue weighted by atomic mass is 10.2. The number of benzene rings is 2. The van der Waals surface area contributed by atoms with Crippen molar-refractivity contribution in [2.24, 2.45) is 0 Å². The topological polar surface area (TPSA) is 88.2 Å². The number of piperazine rings is 1. The molecular formula is C21H23BrCl3N3O5S. The van der Waals surface area contributed by atoms with Gasteiger partial charge in [0, 0.05) is 26.2 Å². The Hall–Kier alpha value is -1.59. The molecule has 0 aliphatic carbocycles. The Balaban J connectivity index is 1.88. The molecule has 2 aromatic rings. The van der Waals surface area contributed by atoms with Crippen LogP contribution in [0.3, 0.4) is 0 Å². The molecule has 3 rings (SSSR count). The molecule has 0 unspecified atom stereocenters. The Morgan fingerprint density at radius 1 is 1.06 bits per heavy atom. The summed E-state index contributed by atoms with van der Waals surface area (Å²) in [7, 11) is -0.992. The van der Waals surface area contributed by atoms with Crippen molar-refractivity contribution in [3.05, 3.63) is 40.4 Å². The smallest absolute Gasteiger partial charge is 0.274 e. The summed E-state index contributed by atoms with van der Waals surface area (Å²) in [5, 5.41) is 0. The highest BCUT2D eigenvalue weighted by molar-refractivity contribution is 9.10. The molecule has 0 aromatic heterocycles. The highest BCUT2D eigenvalue weighted by Gasteiger charge is 2.36. The van der Waals surface area contributed by atoms with Crippen molar-refractivity contribution in [1.29, 1.82) is 0 Å². The predicted molar refractivity (Wildman–Crippen MR) is 138 cm³/mol. The molecule has 1 saturated heterocycles. The van der Waals surface area contributed by atoms with Crippen LogP contribution in [0.25, 0.3) is 0 Å². The van der Waals surface area contributed by atoms with Crippen molar-refractivity contribution in [2.75, 3.05) is 50.0 Å². The van der Waals surface area contributed by atoms with Crippen molar-refractivity contribution in [2.45, 2.75) is 15.6 Å². The van der Waals surface area contributed by atoms with Crippen molar-refractivity contribution >= 4 is 78.0 Å². The minimum Gasteiger partial charge on any atom is -0.495 e. The number of ether oxygens (including phenoxy) is 2. The maximum absolute atomic E-state index is 13.2. The number of amides is 1. The number of sulfonamides is 1. The molecule has 1 amide bonds. The first kappa shape index (κ1) is 27.0. The van der Waals surface area contributed by atoms with Gasteiger partial charge in [0.15, 0.2) is 5.75 Å². The molecular weight excluding hydrogens is 593 g/mol. The average molecular weight is 616 g/mol. The summed E-state index contributed by atoms with van der Waals surface area (Å²) in [5.41, 5.74) is 1.73. The van der Waals surface area contributed by atoms with Crippen LogP contribution in [0.2, 0.25) is 0 Å². The Morgan fingerprint density at radius 3 is 2.26 bits per heavy atom. The fraction of sp³-hybridized carbons (Fsp3) is 0.381. The van der Waals surface area contributed by atoms with Crippen LogP contribution >= 0.6 is 50.7 Å². The van der Waals surface area contributed by atoms with Crippen molar-refractivity contribution in [3.8, 4) is 11.5 Å². The number of halogens is 4. The van der Waals surface area contributed by atoms with E-state index in [2.05, 4.69) is 20.7 Å². The summed E-state index contributed by atoms with van der Waals surface area (Å²) in [6, 6.07) is 8.10. The first-order chi connectivity index (χ1) is 15.9. The van der Waals surface area contributed by atoms with Gasteiger partial charge in [-0.1, -0.05) is 34.8 Å². The third-order valence-corrected chi connectivity index (χ3v) is 7.68. The molecule has 0 atom stereocenters. The molecule has 1 N–H and O–H groups in total. The van der Waals surface area contributed by atoms with E-state index in [0.717, 1.165) is 5.56 Å². The fourth-order valence-electron chi connectivity index (χ4n) is 3.63. The van der Waals surface area contributed by atoms with Gasteiger partial charge in [-0.05, 0) is 58.7 Å². The van der Waals surface area contributed by atoms with Crippen LogP contribution < -0.4 is 19.1 Å². The van der Waals surface area contributed by atoms with Gasteiger partial charge in [0.1, 0.15) is 5.75 Å². The lowest BCUT2D eigenvalue weighted by Crippen LogP contribution is -2.51. The standard InChI is InChI=1S/C21H23BrCl3N3O5S/c1-13-10-15(22)19(33-3)16(11-13)26-34(30,31)14-4-5-18(32-2)17(12-14)27-6-8-28(9-7-27)20(29)21(23,24)25/h4-5,10-12,26H,6-9H2,1-3H3. The maximum atomic E-state index is 13.2. The second-order valence-electron chi connectivity index (χ2n) is 7.54. The molecule has 1 aliphatic heterocycles. The SMILES string of the molecule is COc1ccc(S(=O)(=O)Nc2cc(C)cc(Br)c2OC)cc1N1CCN(C(=O)C(Cl)(Cl)Cl)CC1. The third kappa shape index (κ3) is 5.96. The fourth-order valence-corrected chi connectivity index (χ4v) is 5.80. The Bertz CT molecular complexity index is 1180. The van der Waals surface area contributed by atoms with Gasteiger partial charge in [-0.15, -0.1) is 0 Å². The Morgan fingerprint density at radius 2 is 1.71 bits per heavy atom. The largest absolute Gasteiger partial charge is 0.495 e. The van der Waals surface area contributed by atoms with Gasteiger partial charge >= 0.3 is 0 Å². The Labute approximate surface area is 222 Å². The lowest BCUT2D eigenvalue weighted by Gasteiger charge is -2.37. The van der Waals surface area contributed by atoms with Gasteiger partial charge in [0.25, 0.3) is 19.7 Å². The number of carbonyl (C=O) groups excluding carboxylic acids is 1. The molecule has 186 valence electrons. The van der Waals surface area contributed by atoms with E-state index in [9.17, 15) is 13.2 Å². The van der Waals surface area contributed by atoms with Crippen LogP contribution in [0.1, 0.15) is 5.56 Å². The molecule has 1 fully saturated rings. The molecule has 2 aromatic carbocycles. The number of anilines is 2. The quantitative estimate of drug-likeness (QED) is 0.479. The number of nitrogens with one attached hydrogen (secondary N) is 1. The van der Waals surface area contributed by atoms with Gasteiger partial charge in [0.05, 0.1) is 35.0 Å². The molecule has 0 bridgehead atoms. The minimum absolute atomic E-state index is 0.0442. The number of rotatable bonds is 6. The number of hydrogen-bond donors (Lipinski definition) is 1. The summed E-state index contributed by atoms with van der Waals surface area (Å²) in [6.07, 6.45) is 0. The zero-order chi connectivity index (χ0) is 25.3. The number of nitrogens with zero attached hydrogens (tertiary/aromatic N) is 2. The maximum Gasteiger partial charge on any atom is 0.274 e. The van der Waals surface area contributed by atoms with Crippen molar-refractivity contribution in [1.82, 2.24) is 4.90 Å². The minimum atomic E-state index is -3.96. The number of aryl methyl sites for hydroxylation is 1. The summed E-state index contributed by atoms with van der Waals surface area (Å²) < 4.78 is 38.5. The van der Waals surface area contributed by atoms with E-state index in [0.29, 0.717) is 53.5 Å². The zero-order valence-corrected chi connectivity index (χ0v) is 23.2. The zero-order valence-electron chi connectivity index (χ0n) is 18.6.